The second-order valence-electron chi connectivity index (χ2n) is 5.95. The molecule has 1 saturated heterocycles. The van der Waals surface area contributed by atoms with Gasteiger partial charge in [0.05, 0.1) is 0 Å². The number of nitrogens with zero attached hydrogens (tertiary/aromatic N) is 1. The first-order valence-electron chi connectivity index (χ1n) is 7.92. The van der Waals surface area contributed by atoms with E-state index in [2.05, 4.69) is 10.3 Å². The van der Waals surface area contributed by atoms with Gasteiger partial charge in [-0.05, 0) is 37.0 Å². The first-order valence-corrected chi connectivity index (χ1v) is 7.92. The van der Waals surface area contributed by atoms with E-state index in [0.717, 1.165) is 24.1 Å². The number of nitrogens with one attached hydrogen (secondary N) is 2. The minimum Gasteiger partial charge on any atom is -0.357 e. The summed E-state index contributed by atoms with van der Waals surface area (Å²) in [6.45, 7) is 3.20. The molecule has 1 aliphatic heterocycles. The highest BCUT2D eigenvalue weighted by atomic mass is 16.2. The van der Waals surface area contributed by atoms with Crippen molar-refractivity contribution in [3.63, 3.8) is 0 Å². The Kier molecular flexibility index (Phi) is 4.46. The molecule has 1 atom stereocenters. The lowest BCUT2D eigenvalue weighted by molar-refractivity contribution is -0.136. The minimum atomic E-state index is -0.442. The maximum Gasteiger partial charge on any atom is 0.268 e. The molecule has 23 heavy (non-hydrogen) atoms. The average Bonchev–Trinajstić information content (AvgIpc) is 2.98. The zero-order chi connectivity index (χ0) is 16.2. The van der Waals surface area contributed by atoms with Crippen LogP contribution in [0.2, 0.25) is 0 Å². The molecule has 3 rings (SSSR count). The standard InChI is InChI=1S/C18H21N3O2/c1-13-9-10-19-16(13)17(22)20-15-8-5-11-21(18(15)23)12-14-6-3-2-4-7-14/h2-4,6-7,9-10,15,19H,5,8,11-12H2,1H3,(H,20,22). The van der Waals surface area contributed by atoms with Crippen molar-refractivity contribution in [1.82, 2.24) is 15.2 Å². The number of carbonyl (C=O) groups is 2. The van der Waals surface area contributed by atoms with Gasteiger partial charge in [0.25, 0.3) is 5.91 Å². The fourth-order valence-corrected chi connectivity index (χ4v) is 2.96. The molecule has 2 N–H and O–H groups in total. The average molecular weight is 311 g/mol. The number of aromatic nitrogens is 1. The summed E-state index contributed by atoms with van der Waals surface area (Å²) in [4.78, 5) is 29.7. The Morgan fingerprint density at radius 2 is 2.09 bits per heavy atom. The number of hydrogen-bond acceptors (Lipinski definition) is 2. The van der Waals surface area contributed by atoms with Crippen molar-refractivity contribution in [1.29, 1.82) is 0 Å². The highest BCUT2D eigenvalue weighted by molar-refractivity contribution is 5.97. The van der Waals surface area contributed by atoms with Gasteiger partial charge in [0.15, 0.2) is 0 Å². The van der Waals surface area contributed by atoms with Gasteiger partial charge in [0, 0.05) is 19.3 Å². The summed E-state index contributed by atoms with van der Waals surface area (Å²) in [5.41, 5.74) is 2.51. The maximum atomic E-state index is 12.6. The molecule has 2 amide bonds. The van der Waals surface area contributed by atoms with E-state index in [4.69, 9.17) is 0 Å². The number of likely N-dealkylation sites (tertiary alicyclic amines) is 1. The van der Waals surface area contributed by atoms with E-state index in [1.165, 1.54) is 0 Å². The van der Waals surface area contributed by atoms with Crippen molar-refractivity contribution in [2.45, 2.75) is 32.4 Å². The highest BCUT2D eigenvalue weighted by Gasteiger charge is 2.30. The lowest BCUT2D eigenvalue weighted by Gasteiger charge is -2.32. The van der Waals surface area contributed by atoms with Crippen molar-refractivity contribution >= 4 is 11.8 Å². The number of rotatable bonds is 4. The molecule has 0 aliphatic carbocycles. The van der Waals surface area contributed by atoms with Crippen molar-refractivity contribution in [2.75, 3.05) is 6.54 Å². The van der Waals surface area contributed by atoms with Gasteiger partial charge in [0.2, 0.25) is 5.91 Å². The third kappa shape index (κ3) is 3.44. The van der Waals surface area contributed by atoms with Crippen LogP contribution in [0.5, 0.6) is 0 Å². The lowest BCUT2D eigenvalue weighted by Crippen LogP contribution is -2.52. The number of piperidine rings is 1. The van der Waals surface area contributed by atoms with Crippen LogP contribution in [0.1, 0.15) is 34.5 Å². The van der Waals surface area contributed by atoms with E-state index in [1.54, 1.807) is 6.20 Å². The molecule has 5 nitrogen and oxygen atoms in total. The second kappa shape index (κ2) is 6.69. The van der Waals surface area contributed by atoms with Crippen LogP contribution in [0.15, 0.2) is 42.6 Å². The highest BCUT2D eigenvalue weighted by Crippen LogP contribution is 2.16. The first kappa shape index (κ1) is 15.3. The predicted molar refractivity (Wildman–Crippen MR) is 87.9 cm³/mol. The molecule has 5 heteroatoms. The Morgan fingerprint density at radius 3 is 2.78 bits per heavy atom. The second-order valence-corrected chi connectivity index (χ2v) is 5.95. The molecule has 120 valence electrons. The third-order valence-corrected chi connectivity index (χ3v) is 4.23. The molecule has 1 aromatic carbocycles. The van der Waals surface area contributed by atoms with E-state index >= 15 is 0 Å². The molecule has 2 heterocycles. The van der Waals surface area contributed by atoms with Gasteiger partial charge in [-0.2, -0.15) is 0 Å². The summed E-state index contributed by atoms with van der Waals surface area (Å²) in [5, 5.41) is 2.87. The van der Waals surface area contributed by atoms with Crippen molar-refractivity contribution in [3.05, 3.63) is 59.4 Å². The Hall–Kier alpha value is -2.56. The summed E-state index contributed by atoms with van der Waals surface area (Å²) < 4.78 is 0. The molecule has 1 unspecified atom stereocenters. The van der Waals surface area contributed by atoms with Crippen LogP contribution in [0.3, 0.4) is 0 Å². The molecular weight excluding hydrogens is 290 g/mol. The molecule has 1 aliphatic rings. The van der Waals surface area contributed by atoms with Gasteiger partial charge in [-0.1, -0.05) is 30.3 Å². The van der Waals surface area contributed by atoms with Crippen molar-refractivity contribution < 1.29 is 9.59 Å². The van der Waals surface area contributed by atoms with E-state index < -0.39 is 6.04 Å². The number of H-pyrrole nitrogens is 1. The molecule has 1 fully saturated rings. The lowest BCUT2D eigenvalue weighted by atomic mass is 10.0. The minimum absolute atomic E-state index is 0.00216. The van der Waals surface area contributed by atoms with Crippen LogP contribution in [-0.2, 0) is 11.3 Å². The maximum absolute atomic E-state index is 12.6. The van der Waals surface area contributed by atoms with Crippen LogP contribution < -0.4 is 5.32 Å². The Balaban J connectivity index is 1.65. The van der Waals surface area contributed by atoms with E-state index in [1.807, 2.05) is 48.2 Å². The predicted octanol–water partition coefficient (Wildman–Crippen LogP) is 2.24. The van der Waals surface area contributed by atoms with Gasteiger partial charge in [-0.3, -0.25) is 9.59 Å². The molecule has 1 aromatic heterocycles. The van der Waals surface area contributed by atoms with Gasteiger partial charge < -0.3 is 15.2 Å². The number of hydrogen-bond donors (Lipinski definition) is 2. The fourth-order valence-electron chi connectivity index (χ4n) is 2.96. The zero-order valence-corrected chi connectivity index (χ0v) is 13.2. The smallest absolute Gasteiger partial charge is 0.268 e. The molecule has 0 bridgehead atoms. The molecule has 0 saturated carbocycles. The van der Waals surface area contributed by atoms with Gasteiger partial charge in [0.1, 0.15) is 11.7 Å². The molecule has 0 radical (unpaired) electrons. The van der Waals surface area contributed by atoms with Gasteiger partial charge in [-0.25, -0.2) is 0 Å². The Morgan fingerprint density at radius 1 is 1.30 bits per heavy atom. The zero-order valence-electron chi connectivity index (χ0n) is 13.2. The topological polar surface area (TPSA) is 65.2 Å². The van der Waals surface area contributed by atoms with Crippen molar-refractivity contribution in [3.8, 4) is 0 Å². The van der Waals surface area contributed by atoms with E-state index in [9.17, 15) is 9.59 Å². The molecular formula is C18H21N3O2. The van der Waals surface area contributed by atoms with Gasteiger partial charge >= 0.3 is 0 Å². The molecule has 2 aromatic rings. The summed E-state index contributed by atoms with van der Waals surface area (Å²) in [6.07, 6.45) is 3.32. The van der Waals surface area contributed by atoms with Gasteiger partial charge in [-0.15, -0.1) is 0 Å². The quantitative estimate of drug-likeness (QED) is 0.909. The number of amides is 2. The summed E-state index contributed by atoms with van der Waals surface area (Å²) >= 11 is 0. The van der Waals surface area contributed by atoms with Crippen LogP contribution in [0, 0.1) is 6.92 Å². The normalized spacial score (nSPS) is 18.0. The summed E-state index contributed by atoms with van der Waals surface area (Å²) in [5.74, 6) is -0.218. The monoisotopic (exact) mass is 311 g/mol. The van der Waals surface area contributed by atoms with E-state index in [-0.39, 0.29) is 11.8 Å². The Bertz CT molecular complexity index is 693. The fraction of sp³-hybridized carbons (Fsp3) is 0.333. The summed E-state index contributed by atoms with van der Waals surface area (Å²) in [7, 11) is 0. The largest absolute Gasteiger partial charge is 0.357 e. The van der Waals surface area contributed by atoms with E-state index in [0.29, 0.717) is 18.7 Å². The number of aromatic amines is 1. The number of benzene rings is 1. The van der Waals surface area contributed by atoms with Crippen LogP contribution in [0.4, 0.5) is 0 Å². The van der Waals surface area contributed by atoms with Crippen LogP contribution in [-0.4, -0.2) is 34.3 Å². The number of carbonyl (C=O) groups excluding carboxylic acids is 2. The molecule has 0 spiro atoms. The third-order valence-electron chi connectivity index (χ3n) is 4.23. The summed E-state index contributed by atoms with van der Waals surface area (Å²) in [6, 6.07) is 11.3. The number of aryl methyl sites for hydroxylation is 1. The van der Waals surface area contributed by atoms with Crippen LogP contribution >= 0.6 is 0 Å². The van der Waals surface area contributed by atoms with Crippen molar-refractivity contribution in [2.24, 2.45) is 0 Å². The SMILES string of the molecule is Cc1cc[nH]c1C(=O)NC1CCCN(Cc2ccccc2)C1=O. The Labute approximate surface area is 135 Å². The van der Waals surface area contributed by atoms with Crippen LogP contribution in [0.25, 0.3) is 0 Å². The first-order chi connectivity index (χ1) is 11.1.